The number of aryl methyl sites for hydroxylation is 1. The Bertz CT molecular complexity index is 345. The van der Waals surface area contributed by atoms with Crippen LogP contribution in [0, 0.1) is 6.92 Å². The van der Waals surface area contributed by atoms with Gasteiger partial charge in [0.1, 0.15) is 0 Å². The molecule has 0 saturated carbocycles. The van der Waals surface area contributed by atoms with Crippen molar-refractivity contribution in [3.63, 3.8) is 0 Å². The molecule has 0 aliphatic carbocycles. The van der Waals surface area contributed by atoms with Gasteiger partial charge in [0.15, 0.2) is 11.5 Å². The fourth-order valence-electron chi connectivity index (χ4n) is 1.70. The van der Waals surface area contributed by atoms with Crippen LogP contribution in [0.5, 0.6) is 17.2 Å². The van der Waals surface area contributed by atoms with Crippen molar-refractivity contribution in [1.29, 1.82) is 0 Å². The molecule has 0 saturated heterocycles. The van der Waals surface area contributed by atoms with E-state index >= 15 is 0 Å². The number of benzene rings is 1. The van der Waals surface area contributed by atoms with Gasteiger partial charge in [0.25, 0.3) is 0 Å². The smallest absolute Gasteiger partial charge is 0.201 e. The third kappa shape index (κ3) is 2.17. The Morgan fingerprint density at radius 1 is 1.27 bits per heavy atom. The number of phenols is 1. The number of aromatic hydroxyl groups is 1. The van der Waals surface area contributed by atoms with Gasteiger partial charge in [-0.15, -0.1) is 0 Å². The topological polar surface area (TPSA) is 38.7 Å². The Labute approximate surface area is 90.6 Å². The first-order valence-electron chi connectivity index (χ1n) is 5.09. The Balaban J connectivity index is 3.30. The Morgan fingerprint density at radius 2 is 1.93 bits per heavy atom. The molecule has 0 radical (unpaired) electrons. The summed E-state index contributed by atoms with van der Waals surface area (Å²) >= 11 is 0. The second kappa shape index (κ2) is 4.91. The molecular weight excluding hydrogens is 192 g/mol. The lowest BCUT2D eigenvalue weighted by molar-refractivity contribution is 0.337. The van der Waals surface area contributed by atoms with Crippen LogP contribution < -0.4 is 9.47 Å². The molecule has 1 aromatic rings. The molecule has 1 aromatic carbocycles. The summed E-state index contributed by atoms with van der Waals surface area (Å²) in [6.45, 7) is 4.06. The SMILES string of the molecule is CCCc1cc(OC)c(O)c(OC)c1C. The molecule has 15 heavy (non-hydrogen) atoms. The van der Waals surface area contributed by atoms with Gasteiger partial charge in [0.05, 0.1) is 14.2 Å². The second-order valence-electron chi connectivity index (χ2n) is 3.49. The fourth-order valence-corrected chi connectivity index (χ4v) is 1.70. The van der Waals surface area contributed by atoms with Gasteiger partial charge in [0.2, 0.25) is 5.75 Å². The van der Waals surface area contributed by atoms with E-state index < -0.39 is 0 Å². The molecule has 3 heteroatoms. The van der Waals surface area contributed by atoms with Gasteiger partial charge >= 0.3 is 0 Å². The maximum absolute atomic E-state index is 9.81. The van der Waals surface area contributed by atoms with E-state index in [2.05, 4.69) is 6.92 Å². The van der Waals surface area contributed by atoms with Crippen molar-refractivity contribution in [2.45, 2.75) is 26.7 Å². The molecule has 0 aliphatic rings. The minimum Gasteiger partial charge on any atom is -0.502 e. The van der Waals surface area contributed by atoms with E-state index in [0.29, 0.717) is 11.5 Å². The molecule has 0 unspecified atom stereocenters. The molecule has 0 amide bonds. The predicted molar refractivity (Wildman–Crippen MR) is 59.9 cm³/mol. The summed E-state index contributed by atoms with van der Waals surface area (Å²) in [5.41, 5.74) is 2.14. The first kappa shape index (κ1) is 11.7. The molecular formula is C12H18O3. The lowest BCUT2D eigenvalue weighted by Crippen LogP contribution is -1.97. The molecule has 1 N–H and O–H groups in total. The normalized spacial score (nSPS) is 10.1. The van der Waals surface area contributed by atoms with Crippen molar-refractivity contribution in [3.05, 3.63) is 17.2 Å². The van der Waals surface area contributed by atoms with Gasteiger partial charge in [-0.1, -0.05) is 13.3 Å². The van der Waals surface area contributed by atoms with Gasteiger partial charge in [-0.25, -0.2) is 0 Å². The Morgan fingerprint density at radius 3 is 2.40 bits per heavy atom. The maximum atomic E-state index is 9.81. The van der Waals surface area contributed by atoms with Crippen molar-refractivity contribution in [3.8, 4) is 17.2 Å². The zero-order valence-corrected chi connectivity index (χ0v) is 9.76. The number of hydrogen-bond donors (Lipinski definition) is 1. The number of phenolic OH excluding ortho intramolecular Hbond substituents is 1. The van der Waals surface area contributed by atoms with E-state index in [1.165, 1.54) is 0 Å². The minimum absolute atomic E-state index is 0.0809. The number of rotatable bonds is 4. The molecule has 0 heterocycles. The summed E-state index contributed by atoms with van der Waals surface area (Å²) in [5.74, 6) is 1.07. The van der Waals surface area contributed by atoms with Crippen LogP contribution in [0.4, 0.5) is 0 Å². The molecule has 0 aliphatic heterocycles. The van der Waals surface area contributed by atoms with E-state index in [1.54, 1.807) is 14.2 Å². The van der Waals surface area contributed by atoms with E-state index in [-0.39, 0.29) is 5.75 Å². The highest BCUT2D eigenvalue weighted by molar-refractivity contribution is 5.57. The molecule has 0 aromatic heterocycles. The van der Waals surface area contributed by atoms with Crippen LogP contribution >= 0.6 is 0 Å². The van der Waals surface area contributed by atoms with Crippen LogP contribution in [0.15, 0.2) is 6.07 Å². The largest absolute Gasteiger partial charge is 0.502 e. The zero-order valence-electron chi connectivity index (χ0n) is 9.76. The average molecular weight is 210 g/mol. The molecule has 0 bridgehead atoms. The summed E-state index contributed by atoms with van der Waals surface area (Å²) in [7, 11) is 3.09. The second-order valence-corrected chi connectivity index (χ2v) is 3.49. The quantitative estimate of drug-likeness (QED) is 0.830. The number of methoxy groups -OCH3 is 2. The average Bonchev–Trinajstić information content (AvgIpc) is 2.23. The zero-order chi connectivity index (χ0) is 11.4. The Hall–Kier alpha value is -1.38. The van der Waals surface area contributed by atoms with Crippen LogP contribution in [0.3, 0.4) is 0 Å². The van der Waals surface area contributed by atoms with Crippen molar-refractivity contribution < 1.29 is 14.6 Å². The molecule has 0 fully saturated rings. The van der Waals surface area contributed by atoms with Crippen LogP contribution in [0.25, 0.3) is 0 Å². The minimum atomic E-state index is 0.0809. The standard InChI is InChI=1S/C12H18O3/c1-5-6-9-7-10(14-3)11(13)12(15-4)8(9)2/h7,13H,5-6H2,1-4H3. The number of hydrogen-bond acceptors (Lipinski definition) is 3. The van der Waals surface area contributed by atoms with Gasteiger partial charge in [0, 0.05) is 0 Å². The summed E-state index contributed by atoms with van der Waals surface area (Å²) in [4.78, 5) is 0. The summed E-state index contributed by atoms with van der Waals surface area (Å²) < 4.78 is 10.3. The number of ether oxygens (including phenoxy) is 2. The predicted octanol–water partition coefficient (Wildman–Crippen LogP) is 2.67. The lowest BCUT2D eigenvalue weighted by atomic mass is 10.0. The monoisotopic (exact) mass is 210 g/mol. The molecule has 0 atom stereocenters. The first-order chi connectivity index (χ1) is 7.15. The molecule has 84 valence electrons. The maximum Gasteiger partial charge on any atom is 0.201 e. The highest BCUT2D eigenvalue weighted by Gasteiger charge is 2.15. The van der Waals surface area contributed by atoms with E-state index in [0.717, 1.165) is 24.0 Å². The summed E-state index contributed by atoms with van der Waals surface area (Å²) in [5, 5.41) is 9.81. The third-order valence-electron chi connectivity index (χ3n) is 2.52. The first-order valence-corrected chi connectivity index (χ1v) is 5.09. The highest BCUT2D eigenvalue weighted by atomic mass is 16.5. The summed E-state index contributed by atoms with van der Waals surface area (Å²) in [6, 6.07) is 1.87. The molecule has 3 nitrogen and oxygen atoms in total. The van der Waals surface area contributed by atoms with Gasteiger partial charge in [-0.2, -0.15) is 0 Å². The lowest BCUT2D eigenvalue weighted by Gasteiger charge is -2.14. The van der Waals surface area contributed by atoms with Gasteiger partial charge in [-0.3, -0.25) is 0 Å². The highest BCUT2D eigenvalue weighted by Crippen LogP contribution is 2.40. The van der Waals surface area contributed by atoms with Gasteiger partial charge < -0.3 is 14.6 Å². The van der Waals surface area contributed by atoms with E-state index in [1.807, 2.05) is 13.0 Å². The van der Waals surface area contributed by atoms with Crippen molar-refractivity contribution in [2.24, 2.45) is 0 Å². The van der Waals surface area contributed by atoms with Crippen molar-refractivity contribution in [1.82, 2.24) is 0 Å². The van der Waals surface area contributed by atoms with Crippen LogP contribution in [-0.4, -0.2) is 19.3 Å². The van der Waals surface area contributed by atoms with Crippen LogP contribution in [0.2, 0.25) is 0 Å². The van der Waals surface area contributed by atoms with Crippen LogP contribution in [0.1, 0.15) is 24.5 Å². The van der Waals surface area contributed by atoms with E-state index in [9.17, 15) is 5.11 Å². The van der Waals surface area contributed by atoms with E-state index in [4.69, 9.17) is 9.47 Å². The summed E-state index contributed by atoms with van der Waals surface area (Å²) in [6.07, 6.45) is 2.01. The van der Waals surface area contributed by atoms with Crippen LogP contribution in [-0.2, 0) is 6.42 Å². The third-order valence-corrected chi connectivity index (χ3v) is 2.52. The molecule has 1 rings (SSSR count). The van der Waals surface area contributed by atoms with Crippen molar-refractivity contribution in [2.75, 3.05) is 14.2 Å². The fraction of sp³-hybridized carbons (Fsp3) is 0.500. The Kier molecular flexibility index (Phi) is 3.83. The van der Waals surface area contributed by atoms with Gasteiger partial charge in [-0.05, 0) is 30.5 Å². The van der Waals surface area contributed by atoms with Crippen molar-refractivity contribution >= 4 is 0 Å². The molecule has 0 spiro atoms.